The Morgan fingerprint density at radius 3 is 3.06 bits per heavy atom. The third kappa shape index (κ3) is 5.03. The van der Waals surface area contributed by atoms with Crippen molar-refractivity contribution in [1.82, 2.24) is 14.9 Å². The Balaban J connectivity index is 2.26. The first-order valence-corrected chi connectivity index (χ1v) is 7.32. The van der Waals surface area contributed by atoms with Crippen LogP contribution in [-0.4, -0.2) is 27.6 Å². The summed E-state index contributed by atoms with van der Waals surface area (Å²) >= 11 is 2.01. The van der Waals surface area contributed by atoms with Crippen molar-refractivity contribution >= 4 is 11.8 Å². The van der Waals surface area contributed by atoms with E-state index in [1.807, 2.05) is 18.0 Å². The molecule has 0 aliphatic carbocycles. The van der Waals surface area contributed by atoms with Crippen molar-refractivity contribution in [2.24, 2.45) is 0 Å². The number of aromatic nitrogens is 2. The zero-order valence-corrected chi connectivity index (χ0v) is 11.2. The van der Waals surface area contributed by atoms with Gasteiger partial charge in [0.15, 0.2) is 0 Å². The Hall–Kier alpha value is -0.480. The second kappa shape index (κ2) is 8.65. The molecule has 0 unspecified atom stereocenters. The molecule has 3 nitrogen and oxygen atoms in total. The summed E-state index contributed by atoms with van der Waals surface area (Å²) in [6, 6.07) is 0. The summed E-state index contributed by atoms with van der Waals surface area (Å²) in [4.78, 5) is 4.38. The second-order valence-corrected chi connectivity index (χ2v) is 5.16. The largest absolute Gasteiger partial charge is 0.334 e. The molecule has 1 rings (SSSR count). The molecule has 0 spiro atoms. The zero-order valence-electron chi connectivity index (χ0n) is 10.4. The summed E-state index contributed by atoms with van der Waals surface area (Å²) < 4.78 is 2.26. The fourth-order valence-electron chi connectivity index (χ4n) is 1.57. The Labute approximate surface area is 103 Å². The topological polar surface area (TPSA) is 29.9 Å². The van der Waals surface area contributed by atoms with E-state index in [1.54, 1.807) is 0 Å². The highest BCUT2D eigenvalue weighted by atomic mass is 32.2. The highest BCUT2D eigenvalue weighted by Gasteiger charge is 2.01. The highest BCUT2D eigenvalue weighted by Crippen LogP contribution is 2.05. The number of thioether (sulfide) groups is 1. The molecule has 16 heavy (non-hydrogen) atoms. The van der Waals surface area contributed by atoms with Crippen molar-refractivity contribution in [2.75, 3.05) is 18.1 Å². The maximum absolute atomic E-state index is 4.38. The van der Waals surface area contributed by atoms with Gasteiger partial charge in [0.25, 0.3) is 0 Å². The number of rotatable bonds is 9. The minimum Gasteiger partial charge on any atom is -0.334 e. The van der Waals surface area contributed by atoms with Crippen LogP contribution >= 0.6 is 11.8 Å². The minimum absolute atomic E-state index is 0.891. The van der Waals surface area contributed by atoms with E-state index in [0.717, 1.165) is 25.5 Å². The van der Waals surface area contributed by atoms with Crippen LogP contribution < -0.4 is 5.32 Å². The first kappa shape index (κ1) is 13.6. The third-order valence-electron chi connectivity index (χ3n) is 2.40. The van der Waals surface area contributed by atoms with Gasteiger partial charge in [-0.1, -0.05) is 13.8 Å². The van der Waals surface area contributed by atoms with Gasteiger partial charge in [-0.2, -0.15) is 11.8 Å². The number of hydrogen-bond acceptors (Lipinski definition) is 3. The van der Waals surface area contributed by atoms with E-state index in [0.29, 0.717) is 0 Å². The molecule has 1 N–H and O–H groups in total. The minimum atomic E-state index is 0.891. The Morgan fingerprint density at radius 1 is 1.44 bits per heavy atom. The summed E-state index contributed by atoms with van der Waals surface area (Å²) in [7, 11) is 0. The maximum atomic E-state index is 4.38. The van der Waals surface area contributed by atoms with Gasteiger partial charge < -0.3 is 9.88 Å². The summed E-state index contributed by atoms with van der Waals surface area (Å²) in [5.74, 6) is 3.63. The van der Waals surface area contributed by atoms with Gasteiger partial charge in [0, 0.05) is 18.9 Å². The third-order valence-corrected chi connectivity index (χ3v) is 3.39. The van der Waals surface area contributed by atoms with Gasteiger partial charge in [-0.05, 0) is 30.9 Å². The highest BCUT2D eigenvalue weighted by molar-refractivity contribution is 7.99. The lowest BCUT2D eigenvalue weighted by Crippen LogP contribution is -2.17. The van der Waals surface area contributed by atoms with Crippen LogP contribution in [0.5, 0.6) is 0 Å². The molecule has 0 atom stereocenters. The lowest BCUT2D eigenvalue weighted by molar-refractivity contribution is 0.587. The molecule has 0 bridgehead atoms. The number of imidazole rings is 1. The van der Waals surface area contributed by atoms with Crippen molar-refractivity contribution in [3.8, 4) is 0 Å². The van der Waals surface area contributed by atoms with Crippen LogP contribution in [0.2, 0.25) is 0 Å². The smallest absolute Gasteiger partial charge is 0.122 e. The number of nitrogens with zero attached hydrogens (tertiary/aromatic N) is 2. The molecule has 0 fully saturated rings. The normalized spacial score (nSPS) is 10.9. The molecule has 0 aromatic carbocycles. The van der Waals surface area contributed by atoms with Crippen LogP contribution in [0.3, 0.4) is 0 Å². The second-order valence-electron chi connectivity index (χ2n) is 3.76. The van der Waals surface area contributed by atoms with E-state index < -0.39 is 0 Å². The molecule has 0 saturated heterocycles. The Kier molecular flexibility index (Phi) is 7.34. The van der Waals surface area contributed by atoms with Crippen molar-refractivity contribution in [3.63, 3.8) is 0 Å². The average Bonchev–Trinajstić information content (AvgIpc) is 2.73. The van der Waals surface area contributed by atoms with Crippen molar-refractivity contribution in [3.05, 3.63) is 18.2 Å². The predicted octanol–water partition coefficient (Wildman–Crippen LogP) is 2.53. The van der Waals surface area contributed by atoms with E-state index in [-0.39, 0.29) is 0 Å². The van der Waals surface area contributed by atoms with Crippen LogP contribution in [0.1, 0.15) is 32.5 Å². The van der Waals surface area contributed by atoms with Gasteiger partial charge in [0.05, 0.1) is 6.54 Å². The molecule has 4 heteroatoms. The van der Waals surface area contributed by atoms with Crippen molar-refractivity contribution in [1.29, 1.82) is 0 Å². The fourth-order valence-corrected chi connectivity index (χ4v) is 2.19. The van der Waals surface area contributed by atoms with E-state index in [2.05, 4.69) is 34.9 Å². The first-order valence-electron chi connectivity index (χ1n) is 6.17. The SMILES string of the molecule is CCCNCc1nccn1CCCSCC. The summed E-state index contributed by atoms with van der Waals surface area (Å²) in [6.07, 6.45) is 6.39. The molecule has 1 heterocycles. The average molecular weight is 241 g/mol. The molecule has 1 aromatic rings. The maximum Gasteiger partial charge on any atom is 0.122 e. The van der Waals surface area contributed by atoms with E-state index in [9.17, 15) is 0 Å². The first-order chi connectivity index (χ1) is 7.88. The van der Waals surface area contributed by atoms with Gasteiger partial charge in [0.1, 0.15) is 5.82 Å². The summed E-state index contributed by atoms with van der Waals surface area (Å²) in [5.41, 5.74) is 0. The van der Waals surface area contributed by atoms with Crippen LogP contribution in [0.25, 0.3) is 0 Å². The molecular weight excluding hydrogens is 218 g/mol. The molecule has 0 aliphatic rings. The van der Waals surface area contributed by atoms with Gasteiger partial charge >= 0.3 is 0 Å². The lowest BCUT2D eigenvalue weighted by Gasteiger charge is -2.08. The number of aryl methyl sites for hydroxylation is 1. The van der Waals surface area contributed by atoms with E-state index >= 15 is 0 Å². The fraction of sp³-hybridized carbons (Fsp3) is 0.750. The Bertz CT molecular complexity index is 273. The number of nitrogens with one attached hydrogen (secondary N) is 1. The lowest BCUT2D eigenvalue weighted by atomic mass is 10.4. The van der Waals surface area contributed by atoms with E-state index in [1.165, 1.54) is 24.3 Å². The molecule has 0 saturated carbocycles. The zero-order chi connectivity index (χ0) is 11.6. The van der Waals surface area contributed by atoms with Crippen LogP contribution in [0.15, 0.2) is 12.4 Å². The molecule has 1 aromatic heterocycles. The molecule has 92 valence electrons. The van der Waals surface area contributed by atoms with E-state index in [4.69, 9.17) is 0 Å². The summed E-state index contributed by atoms with van der Waals surface area (Å²) in [6.45, 7) is 7.44. The molecule has 0 radical (unpaired) electrons. The van der Waals surface area contributed by atoms with Gasteiger partial charge in [0.2, 0.25) is 0 Å². The standard InChI is InChI=1S/C12H23N3S/c1-3-6-13-11-12-14-7-9-15(12)8-5-10-16-4-2/h7,9,13H,3-6,8,10-11H2,1-2H3. The summed E-state index contributed by atoms with van der Waals surface area (Å²) in [5, 5.41) is 3.39. The molecule has 0 amide bonds. The van der Waals surface area contributed by atoms with Crippen LogP contribution in [0.4, 0.5) is 0 Å². The van der Waals surface area contributed by atoms with Crippen LogP contribution in [-0.2, 0) is 13.1 Å². The molecular formula is C12H23N3S. The van der Waals surface area contributed by atoms with Gasteiger partial charge in [-0.3, -0.25) is 0 Å². The van der Waals surface area contributed by atoms with Crippen molar-refractivity contribution < 1.29 is 0 Å². The van der Waals surface area contributed by atoms with Crippen LogP contribution in [0, 0.1) is 0 Å². The quantitative estimate of drug-likeness (QED) is 0.674. The van der Waals surface area contributed by atoms with Gasteiger partial charge in [-0.25, -0.2) is 4.98 Å². The Morgan fingerprint density at radius 2 is 2.31 bits per heavy atom. The monoisotopic (exact) mass is 241 g/mol. The van der Waals surface area contributed by atoms with Gasteiger partial charge in [-0.15, -0.1) is 0 Å². The predicted molar refractivity (Wildman–Crippen MR) is 71.8 cm³/mol. The molecule has 0 aliphatic heterocycles. The van der Waals surface area contributed by atoms with Crippen molar-refractivity contribution in [2.45, 2.75) is 39.8 Å². The number of hydrogen-bond donors (Lipinski definition) is 1.